The zero-order chi connectivity index (χ0) is 22.8. The highest BCUT2D eigenvalue weighted by Crippen LogP contribution is 2.28. The zero-order valence-electron chi connectivity index (χ0n) is 18.3. The van der Waals surface area contributed by atoms with E-state index in [0.717, 1.165) is 21.7 Å². The number of hydrogen-bond donors (Lipinski definition) is 1. The van der Waals surface area contributed by atoms with Crippen LogP contribution in [0.25, 0.3) is 0 Å². The summed E-state index contributed by atoms with van der Waals surface area (Å²) in [5.74, 6) is -0.796. The fourth-order valence-electron chi connectivity index (χ4n) is 3.89. The van der Waals surface area contributed by atoms with E-state index in [1.165, 1.54) is 4.90 Å². The number of sulfonamides is 1. The van der Waals surface area contributed by atoms with Gasteiger partial charge in [0.2, 0.25) is 15.9 Å². The molecule has 1 atom stereocenters. The third-order valence-electron chi connectivity index (χ3n) is 5.73. The number of amides is 2. The monoisotopic (exact) mass is 447 g/mol. The number of anilines is 1. The van der Waals surface area contributed by atoms with Gasteiger partial charge in [-0.3, -0.25) is 9.59 Å². The highest BCUT2D eigenvalue weighted by molar-refractivity contribution is 7.88. The number of nitrogens with one attached hydrogen (secondary N) is 1. The van der Waals surface area contributed by atoms with Gasteiger partial charge in [0.15, 0.2) is 0 Å². The van der Waals surface area contributed by atoms with Gasteiger partial charge in [0.1, 0.15) is 5.54 Å². The van der Waals surface area contributed by atoms with Crippen molar-refractivity contribution < 1.29 is 18.0 Å². The maximum absolute atomic E-state index is 13.5. The standard InChI is InChI=1S/C21H29N5O4S/c1-16-7-5-8-17(2)19(16)23-20(28)21(3)14-25(31(4,29)30)13-18(27)26(21)11-6-10-24-12-9-22-15-24/h5,7-9,12,15H,6,10-11,13-14H2,1-4H3,(H,23,28). The first-order valence-electron chi connectivity index (χ1n) is 10.1. The number of imidazole rings is 1. The molecule has 1 unspecified atom stereocenters. The molecule has 2 heterocycles. The van der Waals surface area contributed by atoms with Crippen molar-refractivity contribution in [2.45, 2.75) is 39.3 Å². The van der Waals surface area contributed by atoms with Gasteiger partial charge in [-0.05, 0) is 38.3 Å². The molecule has 0 bridgehead atoms. The average molecular weight is 448 g/mol. The molecule has 2 amide bonds. The van der Waals surface area contributed by atoms with Crippen LogP contribution in [0.2, 0.25) is 0 Å². The summed E-state index contributed by atoms with van der Waals surface area (Å²) in [6.45, 7) is 6.00. The lowest BCUT2D eigenvalue weighted by Crippen LogP contribution is -2.68. The van der Waals surface area contributed by atoms with Gasteiger partial charge in [0, 0.05) is 37.7 Å². The molecule has 1 aliphatic rings. The number of aromatic nitrogens is 2. The van der Waals surface area contributed by atoms with E-state index in [-0.39, 0.29) is 19.0 Å². The molecule has 1 aliphatic heterocycles. The van der Waals surface area contributed by atoms with Crippen molar-refractivity contribution >= 4 is 27.5 Å². The number of rotatable bonds is 7. The quantitative estimate of drug-likeness (QED) is 0.691. The Morgan fingerprint density at radius 3 is 2.48 bits per heavy atom. The van der Waals surface area contributed by atoms with Crippen LogP contribution in [0.3, 0.4) is 0 Å². The Morgan fingerprint density at radius 1 is 1.23 bits per heavy atom. The van der Waals surface area contributed by atoms with Crippen LogP contribution in [0.4, 0.5) is 5.69 Å². The summed E-state index contributed by atoms with van der Waals surface area (Å²) >= 11 is 0. The SMILES string of the molecule is Cc1cccc(C)c1NC(=O)C1(C)CN(S(C)(=O)=O)CC(=O)N1CCCn1ccnc1. The van der Waals surface area contributed by atoms with Crippen LogP contribution in [0, 0.1) is 13.8 Å². The molecule has 0 spiro atoms. The van der Waals surface area contributed by atoms with Crippen LogP contribution in [0.15, 0.2) is 36.9 Å². The normalized spacial score (nSPS) is 20.1. The first kappa shape index (κ1) is 23.0. The second kappa shape index (κ2) is 8.80. The molecule has 1 N–H and O–H groups in total. The third kappa shape index (κ3) is 4.96. The Balaban J connectivity index is 1.87. The molecule has 1 aromatic heterocycles. The van der Waals surface area contributed by atoms with Gasteiger partial charge in [0.25, 0.3) is 5.91 Å². The van der Waals surface area contributed by atoms with Gasteiger partial charge >= 0.3 is 0 Å². The number of aryl methyl sites for hydroxylation is 3. The highest BCUT2D eigenvalue weighted by Gasteiger charge is 2.49. The number of hydrogen-bond acceptors (Lipinski definition) is 5. The lowest BCUT2D eigenvalue weighted by molar-refractivity contribution is -0.150. The van der Waals surface area contributed by atoms with Gasteiger partial charge in [-0.25, -0.2) is 13.4 Å². The van der Waals surface area contributed by atoms with E-state index in [1.807, 2.05) is 42.8 Å². The predicted octanol–water partition coefficient (Wildman–Crippen LogP) is 1.39. The summed E-state index contributed by atoms with van der Waals surface area (Å²) in [5.41, 5.74) is 1.12. The second-order valence-electron chi connectivity index (χ2n) is 8.23. The van der Waals surface area contributed by atoms with E-state index in [4.69, 9.17) is 0 Å². The van der Waals surface area contributed by atoms with Crippen molar-refractivity contribution in [1.29, 1.82) is 0 Å². The van der Waals surface area contributed by atoms with Crippen molar-refractivity contribution in [3.63, 3.8) is 0 Å². The van der Waals surface area contributed by atoms with Crippen LogP contribution >= 0.6 is 0 Å². The van der Waals surface area contributed by atoms with E-state index in [9.17, 15) is 18.0 Å². The van der Waals surface area contributed by atoms with Crippen molar-refractivity contribution in [3.8, 4) is 0 Å². The topological polar surface area (TPSA) is 105 Å². The summed E-state index contributed by atoms with van der Waals surface area (Å²) in [4.78, 5) is 32.0. The Hall–Kier alpha value is -2.72. The first-order valence-corrected chi connectivity index (χ1v) is 12.0. The maximum Gasteiger partial charge on any atom is 0.251 e. The number of piperazine rings is 1. The minimum atomic E-state index is -3.64. The van der Waals surface area contributed by atoms with Crippen LogP contribution in [-0.2, 0) is 26.2 Å². The summed E-state index contributed by atoms with van der Waals surface area (Å²) in [7, 11) is -3.64. The molecule has 0 aliphatic carbocycles. The number of benzene rings is 1. The Labute approximate surface area is 183 Å². The molecular weight excluding hydrogens is 418 g/mol. The largest absolute Gasteiger partial charge is 0.337 e. The van der Waals surface area contributed by atoms with Crippen molar-refractivity contribution in [2.24, 2.45) is 0 Å². The second-order valence-corrected chi connectivity index (χ2v) is 10.2. The Morgan fingerprint density at radius 2 is 1.90 bits per heavy atom. The minimum Gasteiger partial charge on any atom is -0.337 e. The molecule has 0 saturated carbocycles. The van der Waals surface area contributed by atoms with Crippen LogP contribution < -0.4 is 5.32 Å². The highest BCUT2D eigenvalue weighted by atomic mass is 32.2. The summed E-state index contributed by atoms with van der Waals surface area (Å²) in [5, 5.41) is 2.95. The van der Waals surface area contributed by atoms with E-state index >= 15 is 0 Å². The predicted molar refractivity (Wildman–Crippen MR) is 118 cm³/mol. The van der Waals surface area contributed by atoms with E-state index in [0.29, 0.717) is 25.2 Å². The molecule has 3 rings (SSSR count). The summed E-state index contributed by atoms with van der Waals surface area (Å²) in [6, 6.07) is 5.69. The zero-order valence-corrected chi connectivity index (χ0v) is 19.1. The average Bonchev–Trinajstić information content (AvgIpc) is 3.19. The van der Waals surface area contributed by atoms with Crippen molar-refractivity contribution in [2.75, 3.05) is 31.2 Å². The van der Waals surface area contributed by atoms with Crippen LogP contribution in [-0.4, -0.2) is 70.4 Å². The fourth-order valence-corrected chi connectivity index (χ4v) is 4.72. The Bertz CT molecular complexity index is 1050. The van der Waals surface area contributed by atoms with Crippen LogP contribution in [0.1, 0.15) is 24.5 Å². The Kier molecular flexibility index (Phi) is 6.51. The van der Waals surface area contributed by atoms with Gasteiger partial charge in [0.05, 0.1) is 19.1 Å². The van der Waals surface area contributed by atoms with Gasteiger partial charge in [-0.15, -0.1) is 0 Å². The molecule has 2 aromatic rings. The lowest BCUT2D eigenvalue weighted by Gasteiger charge is -2.46. The van der Waals surface area contributed by atoms with E-state index < -0.39 is 21.5 Å². The van der Waals surface area contributed by atoms with E-state index in [2.05, 4.69) is 10.3 Å². The molecule has 1 saturated heterocycles. The van der Waals surface area contributed by atoms with Gasteiger partial charge < -0.3 is 14.8 Å². The minimum absolute atomic E-state index is 0.0978. The van der Waals surface area contributed by atoms with Crippen molar-refractivity contribution in [3.05, 3.63) is 48.0 Å². The third-order valence-corrected chi connectivity index (χ3v) is 6.92. The number of nitrogens with zero attached hydrogens (tertiary/aromatic N) is 4. The molecule has 31 heavy (non-hydrogen) atoms. The van der Waals surface area contributed by atoms with E-state index in [1.54, 1.807) is 19.4 Å². The molecule has 1 fully saturated rings. The number of carbonyl (C=O) groups is 2. The molecule has 9 nitrogen and oxygen atoms in total. The summed E-state index contributed by atoms with van der Waals surface area (Å²) in [6.07, 6.45) is 6.86. The smallest absolute Gasteiger partial charge is 0.251 e. The molecular formula is C21H29N5O4S. The molecule has 0 radical (unpaired) electrons. The number of para-hydroxylation sites is 1. The first-order chi connectivity index (χ1) is 14.5. The van der Waals surface area contributed by atoms with Crippen LogP contribution in [0.5, 0.6) is 0 Å². The van der Waals surface area contributed by atoms with Crippen molar-refractivity contribution in [1.82, 2.24) is 18.8 Å². The van der Waals surface area contributed by atoms with Gasteiger partial charge in [-0.1, -0.05) is 18.2 Å². The fraction of sp³-hybridized carbons (Fsp3) is 0.476. The molecule has 10 heteroatoms. The number of carbonyl (C=O) groups excluding carboxylic acids is 2. The molecule has 1 aromatic carbocycles. The molecule has 168 valence electrons. The lowest BCUT2D eigenvalue weighted by atomic mass is 9.94. The summed E-state index contributed by atoms with van der Waals surface area (Å²) < 4.78 is 27.4. The van der Waals surface area contributed by atoms with Gasteiger partial charge in [-0.2, -0.15) is 4.31 Å². The maximum atomic E-state index is 13.5.